The summed E-state index contributed by atoms with van der Waals surface area (Å²) in [6, 6.07) is 9.24. The number of hydrogen-bond acceptors (Lipinski definition) is 4. The molecule has 2 aromatic heterocycles. The summed E-state index contributed by atoms with van der Waals surface area (Å²) in [5.41, 5.74) is 3.37. The molecule has 0 atom stereocenters. The van der Waals surface area contributed by atoms with E-state index in [1.54, 1.807) is 6.07 Å². The number of aryl methyl sites for hydroxylation is 4. The zero-order valence-electron chi connectivity index (χ0n) is 14.5. The Morgan fingerprint density at radius 2 is 2.04 bits per heavy atom. The summed E-state index contributed by atoms with van der Waals surface area (Å²) in [6.07, 6.45) is 1.05. The van der Waals surface area contributed by atoms with Crippen LogP contribution in [0.1, 0.15) is 24.2 Å². The maximum Gasteiger partial charge on any atom is 0.419 e. The molecule has 3 rings (SSSR count). The number of hydrogen-bond donors (Lipinski definition) is 1. The molecule has 0 saturated carbocycles. The number of benzene rings is 1. The number of nitrogens with zero attached hydrogens (tertiary/aromatic N) is 3. The summed E-state index contributed by atoms with van der Waals surface area (Å²) in [7, 11) is 0. The van der Waals surface area contributed by atoms with E-state index in [1.165, 1.54) is 4.57 Å². The van der Waals surface area contributed by atoms with Gasteiger partial charge < -0.3 is 9.73 Å². The van der Waals surface area contributed by atoms with Crippen molar-refractivity contribution in [1.29, 1.82) is 0 Å². The molecule has 0 aliphatic carbocycles. The Morgan fingerprint density at radius 3 is 2.80 bits per heavy atom. The average molecular weight is 342 g/mol. The van der Waals surface area contributed by atoms with Gasteiger partial charge in [0, 0.05) is 31.7 Å². The molecule has 0 fully saturated rings. The van der Waals surface area contributed by atoms with E-state index in [0.717, 1.165) is 24.4 Å². The molecule has 132 valence electrons. The van der Waals surface area contributed by atoms with Crippen LogP contribution in [0.4, 0.5) is 0 Å². The van der Waals surface area contributed by atoms with Gasteiger partial charge in [-0.25, -0.2) is 4.79 Å². The predicted octanol–water partition coefficient (Wildman–Crippen LogP) is 2.00. The number of carbonyl (C=O) groups excluding carboxylic acids is 1. The second kappa shape index (κ2) is 7.38. The molecule has 0 unspecified atom stereocenters. The van der Waals surface area contributed by atoms with E-state index in [-0.39, 0.29) is 12.3 Å². The highest BCUT2D eigenvalue weighted by atomic mass is 16.4. The van der Waals surface area contributed by atoms with Gasteiger partial charge in [0.1, 0.15) is 0 Å². The van der Waals surface area contributed by atoms with Crippen molar-refractivity contribution in [2.24, 2.45) is 0 Å². The first-order valence-corrected chi connectivity index (χ1v) is 8.41. The topological polar surface area (TPSA) is 82.1 Å². The number of fused-ring (bicyclic) bond motifs is 1. The van der Waals surface area contributed by atoms with E-state index in [2.05, 4.69) is 10.4 Å². The minimum atomic E-state index is -0.432. The number of rotatable bonds is 7. The van der Waals surface area contributed by atoms with Gasteiger partial charge >= 0.3 is 5.76 Å². The maximum absolute atomic E-state index is 12.0. The van der Waals surface area contributed by atoms with Crippen LogP contribution >= 0.6 is 0 Å². The largest absolute Gasteiger partial charge is 0.419 e. The van der Waals surface area contributed by atoms with Crippen molar-refractivity contribution in [3.8, 4) is 0 Å². The van der Waals surface area contributed by atoms with Crippen molar-refractivity contribution >= 4 is 17.0 Å². The van der Waals surface area contributed by atoms with Gasteiger partial charge in [0.05, 0.1) is 11.2 Å². The summed E-state index contributed by atoms with van der Waals surface area (Å²) in [5.74, 6) is -0.510. The zero-order chi connectivity index (χ0) is 17.8. The van der Waals surface area contributed by atoms with Crippen molar-refractivity contribution in [3.05, 3.63) is 52.3 Å². The smallest absolute Gasteiger partial charge is 0.408 e. The molecule has 0 saturated heterocycles. The molecule has 0 radical (unpaired) electrons. The number of oxazole rings is 1. The van der Waals surface area contributed by atoms with Gasteiger partial charge in [-0.05, 0) is 38.5 Å². The van der Waals surface area contributed by atoms with Crippen LogP contribution in [-0.2, 0) is 17.9 Å². The highest BCUT2D eigenvalue weighted by Gasteiger charge is 2.10. The van der Waals surface area contributed by atoms with Crippen molar-refractivity contribution in [1.82, 2.24) is 19.7 Å². The van der Waals surface area contributed by atoms with Gasteiger partial charge in [0.15, 0.2) is 5.58 Å². The first-order valence-electron chi connectivity index (χ1n) is 8.41. The van der Waals surface area contributed by atoms with Crippen LogP contribution in [0.15, 0.2) is 39.5 Å². The molecular formula is C18H22N4O3. The number of nitrogens with one attached hydrogen (secondary N) is 1. The maximum atomic E-state index is 12.0. The lowest BCUT2D eigenvalue weighted by Gasteiger charge is -2.07. The number of aromatic nitrogens is 3. The Morgan fingerprint density at radius 1 is 1.24 bits per heavy atom. The summed E-state index contributed by atoms with van der Waals surface area (Å²) in [5, 5.41) is 7.27. The van der Waals surface area contributed by atoms with Crippen LogP contribution in [-0.4, -0.2) is 26.8 Å². The molecule has 0 spiro atoms. The highest BCUT2D eigenvalue weighted by Crippen LogP contribution is 2.11. The molecule has 0 aliphatic rings. The number of amides is 1. The SMILES string of the molecule is Cc1cc(C)n(CCCNC(=O)CCn2c(=O)oc3ccccc32)n1. The second-order valence-corrected chi connectivity index (χ2v) is 6.09. The third-order valence-electron chi connectivity index (χ3n) is 4.11. The quantitative estimate of drug-likeness (QED) is 0.666. The first-order chi connectivity index (χ1) is 12.0. The summed E-state index contributed by atoms with van der Waals surface area (Å²) < 4.78 is 8.59. The lowest BCUT2D eigenvalue weighted by molar-refractivity contribution is -0.121. The van der Waals surface area contributed by atoms with E-state index in [9.17, 15) is 9.59 Å². The normalized spacial score (nSPS) is 11.1. The minimum Gasteiger partial charge on any atom is -0.408 e. The van der Waals surface area contributed by atoms with Crippen LogP contribution in [0.5, 0.6) is 0 Å². The molecule has 0 bridgehead atoms. The van der Waals surface area contributed by atoms with Gasteiger partial charge in [-0.3, -0.25) is 14.0 Å². The van der Waals surface area contributed by atoms with E-state index < -0.39 is 5.76 Å². The van der Waals surface area contributed by atoms with Crippen molar-refractivity contribution < 1.29 is 9.21 Å². The predicted molar refractivity (Wildman–Crippen MR) is 94.4 cm³/mol. The van der Waals surface area contributed by atoms with Crippen LogP contribution in [0.3, 0.4) is 0 Å². The Kier molecular flexibility index (Phi) is 5.02. The molecule has 2 heterocycles. The first kappa shape index (κ1) is 17.0. The fraction of sp³-hybridized carbons (Fsp3) is 0.389. The van der Waals surface area contributed by atoms with E-state index in [1.807, 2.05) is 42.8 Å². The van der Waals surface area contributed by atoms with Crippen LogP contribution in [0.2, 0.25) is 0 Å². The molecule has 7 nitrogen and oxygen atoms in total. The molecule has 1 aromatic carbocycles. The third-order valence-corrected chi connectivity index (χ3v) is 4.11. The van der Waals surface area contributed by atoms with E-state index in [4.69, 9.17) is 4.42 Å². The fourth-order valence-corrected chi connectivity index (χ4v) is 2.89. The minimum absolute atomic E-state index is 0.0782. The zero-order valence-corrected chi connectivity index (χ0v) is 14.5. The summed E-state index contributed by atoms with van der Waals surface area (Å²) >= 11 is 0. The Bertz CT molecular complexity index is 935. The fourth-order valence-electron chi connectivity index (χ4n) is 2.89. The summed E-state index contributed by atoms with van der Waals surface area (Å²) in [6.45, 7) is 5.64. The Balaban J connectivity index is 1.46. The molecule has 3 aromatic rings. The van der Waals surface area contributed by atoms with Gasteiger partial charge in [-0.2, -0.15) is 5.10 Å². The molecular weight excluding hydrogens is 320 g/mol. The molecule has 7 heteroatoms. The van der Waals surface area contributed by atoms with Gasteiger partial charge in [-0.15, -0.1) is 0 Å². The van der Waals surface area contributed by atoms with Crippen molar-refractivity contribution in [2.45, 2.75) is 39.8 Å². The molecule has 1 amide bonds. The van der Waals surface area contributed by atoms with Crippen LogP contribution < -0.4 is 11.1 Å². The van der Waals surface area contributed by atoms with Crippen LogP contribution in [0.25, 0.3) is 11.1 Å². The molecule has 1 N–H and O–H groups in total. The van der Waals surface area contributed by atoms with Crippen molar-refractivity contribution in [3.63, 3.8) is 0 Å². The monoisotopic (exact) mass is 342 g/mol. The molecule has 0 aliphatic heterocycles. The van der Waals surface area contributed by atoms with E-state index >= 15 is 0 Å². The highest BCUT2D eigenvalue weighted by molar-refractivity contribution is 5.76. The summed E-state index contributed by atoms with van der Waals surface area (Å²) in [4.78, 5) is 23.8. The Hall–Kier alpha value is -2.83. The lowest BCUT2D eigenvalue weighted by Crippen LogP contribution is -2.27. The van der Waals surface area contributed by atoms with Gasteiger partial charge in [0.25, 0.3) is 0 Å². The number of para-hydroxylation sites is 2. The van der Waals surface area contributed by atoms with Crippen molar-refractivity contribution in [2.75, 3.05) is 6.54 Å². The second-order valence-electron chi connectivity index (χ2n) is 6.09. The average Bonchev–Trinajstić information content (AvgIpc) is 3.07. The van der Waals surface area contributed by atoms with Gasteiger partial charge in [-0.1, -0.05) is 12.1 Å². The Labute approximate surface area is 145 Å². The van der Waals surface area contributed by atoms with Crippen LogP contribution in [0, 0.1) is 13.8 Å². The van der Waals surface area contributed by atoms with Gasteiger partial charge in [0.2, 0.25) is 5.91 Å². The molecule has 25 heavy (non-hydrogen) atoms. The standard InChI is InChI=1S/C18H22N4O3/c1-13-12-14(2)22(20-13)10-5-9-19-17(23)8-11-21-15-6-3-4-7-16(15)25-18(21)24/h3-4,6-7,12H,5,8-11H2,1-2H3,(H,19,23). The number of carbonyl (C=O) groups is 1. The lowest BCUT2D eigenvalue weighted by atomic mass is 10.3. The van der Waals surface area contributed by atoms with E-state index in [0.29, 0.717) is 24.2 Å². The third kappa shape index (κ3) is 3.99.